The molecule has 7 heteroatoms. The third-order valence-corrected chi connectivity index (χ3v) is 8.88. The second-order valence-electron chi connectivity index (χ2n) is 12.0. The molecule has 6 nitrogen and oxygen atoms in total. The van der Waals surface area contributed by atoms with Gasteiger partial charge in [-0.25, -0.2) is 8.42 Å². The van der Waals surface area contributed by atoms with Crippen molar-refractivity contribution >= 4 is 48.8 Å². The molecule has 41 heavy (non-hydrogen) atoms. The number of anilines is 1. The van der Waals surface area contributed by atoms with E-state index in [1.165, 1.54) is 82.3 Å². The number of aryl methyl sites for hydroxylation is 1. The van der Waals surface area contributed by atoms with Crippen LogP contribution in [0.25, 0.3) is 33.0 Å². The molecule has 210 valence electrons. The highest BCUT2D eigenvalue weighted by Gasteiger charge is 2.20. The average molecular weight is 566 g/mol. The molecule has 7 rings (SSSR count). The van der Waals surface area contributed by atoms with Crippen molar-refractivity contribution < 1.29 is 17.4 Å². The number of nitrogens with zero attached hydrogens (tertiary/aromatic N) is 3. The van der Waals surface area contributed by atoms with Crippen molar-refractivity contribution in [3.8, 4) is 0 Å². The molecule has 3 aromatic carbocycles. The van der Waals surface area contributed by atoms with Gasteiger partial charge in [0.25, 0.3) is 5.65 Å². The number of pyridine rings is 2. The van der Waals surface area contributed by atoms with Crippen LogP contribution in [0.2, 0.25) is 0 Å². The van der Waals surface area contributed by atoms with Gasteiger partial charge in [0.15, 0.2) is 5.52 Å². The van der Waals surface area contributed by atoms with Crippen molar-refractivity contribution in [2.24, 2.45) is 0 Å². The molecule has 1 saturated heterocycles. The quantitative estimate of drug-likeness (QED) is 0.171. The number of imidazole rings is 1. The molecule has 0 radical (unpaired) electrons. The van der Waals surface area contributed by atoms with Crippen molar-refractivity contribution in [3.05, 3.63) is 102 Å². The fourth-order valence-corrected chi connectivity index (χ4v) is 6.16. The second-order valence-corrected chi connectivity index (χ2v) is 13.4. The van der Waals surface area contributed by atoms with Crippen LogP contribution in [-0.4, -0.2) is 30.5 Å². The van der Waals surface area contributed by atoms with Crippen LogP contribution in [0.15, 0.2) is 96.0 Å². The SMILES string of the molecule is CC(C)(C)c1ccc2c(ccc3c[n+]4c5ccc(N6CCCC6)cc5ccc4n32)c1.Cc1ccc(S(=O)(=O)[O-])cc1. The second kappa shape index (κ2) is 10.2. The van der Waals surface area contributed by atoms with E-state index in [2.05, 4.69) is 101 Å². The van der Waals surface area contributed by atoms with E-state index in [4.69, 9.17) is 0 Å². The Labute approximate surface area is 241 Å². The van der Waals surface area contributed by atoms with E-state index in [0.717, 1.165) is 5.56 Å². The molecular weight excluding hydrogens is 530 g/mol. The molecule has 3 aromatic heterocycles. The predicted octanol–water partition coefficient (Wildman–Crippen LogP) is 6.78. The van der Waals surface area contributed by atoms with Gasteiger partial charge in [-0.15, -0.1) is 0 Å². The van der Waals surface area contributed by atoms with Crippen LogP contribution in [0.3, 0.4) is 0 Å². The van der Waals surface area contributed by atoms with Crippen LogP contribution in [0, 0.1) is 6.92 Å². The van der Waals surface area contributed by atoms with Crippen molar-refractivity contribution in [3.63, 3.8) is 0 Å². The summed E-state index contributed by atoms with van der Waals surface area (Å²) >= 11 is 0. The Bertz CT molecular complexity index is 2020. The molecule has 1 aliphatic heterocycles. The summed E-state index contributed by atoms with van der Waals surface area (Å²) in [6, 6.07) is 28.7. The Kier molecular flexibility index (Phi) is 6.75. The Morgan fingerprint density at radius 3 is 2.20 bits per heavy atom. The van der Waals surface area contributed by atoms with Crippen molar-refractivity contribution in [2.75, 3.05) is 18.0 Å². The van der Waals surface area contributed by atoms with E-state index >= 15 is 0 Å². The maximum Gasteiger partial charge on any atom is 0.292 e. The van der Waals surface area contributed by atoms with Gasteiger partial charge in [0.2, 0.25) is 0 Å². The lowest BCUT2D eigenvalue weighted by atomic mass is 9.86. The number of aromatic nitrogens is 2. The zero-order valence-electron chi connectivity index (χ0n) is 24.0. The molecule has 0 amide bonds. The summed E-state index contributed by atoms with van der Waals surface area (Å²) in [5.41, 5.74) is 8.76. The van der Waals surface area contributed by atoms with Crippen LogP contribution < -0.4 is 9.30 Å². The van der Waals surface area contributed by atoms with E-state index in [1.807, 2.05) is 6.92 Å². The third kappa shape index (κ3) is 5.27. The van der Waals surface area contributed by atoms with Crippen LogP contribution in [0.1, 0.15) is 44.7 Å². The number of fused-ring (bicyclic) bond motifs is 7. The minimum absolute atomic E-state index is 0.153. The maximum atomic E-state index is 10.4. The lowest BCUT2D eigenvalue weighted by Gasteiger charge is -2.19. The largest absolute Gasteiger partial charge is 0.744 e. The molecule has 0 aliphatic carbocycles. The summed E-state index contributed by atoms with van der Waals surface area (Å²) in [6.45, 7) is 11.0. The van der Waals surface area contributed by atoms with Gasteiger partial charge in [-0.1, -0.05) is 44.5 Å². The fourth-order valence-electron chi connectivity index (χ4n) is 5.69. The summed E-state index contributed by atoms with van der Waals surface area (Å²) < 4.78 is 35.9. The summed E-state index contributed by atoms with van der Waals surface area (Å²) in [6.07, 6.45) is 4.88. The van der Waals surface area contributed by atoms with E-state index in [9.17, 15) is 13.0 Å². The molecule has 0 atom stereocenters. The smallest absolute Gasteiger partial charge is 0.292 e. The van der Waals surface area contributed by atoms with Crippen LogP contribution >= 0.6 is 0 Å². The maximum absolute atomic E-state index is 10.4. The van der Waals surface area contributed by atoms with Gasteiger partial charge in [-0.05, 0) is 91.4 Å². The predicted molar refractivity (Wildman–Crippen MR) is 165 cm³/mol. The van der Waals surface area contributed by atoms with E-state index in [0.29, 0.717) is 0 Å². The van der Waals surface area contributed by atoms with E-state index in [1.54, 1.807) is 12.1 Å². The first-order valence-electron chi connectivity index (χ1n) is 14.1. The first-order chi connectivity index (χ1) is 19.5. The molecule has 0 bridgehead atoms. The van der Waals surface area contributed by atoms with E-state index in [-0.39, 0.29) is 10.3 Å². The van der Waals surface area contributed by atoms with Crippen LogP contribution in [-0.2, 0) is 15.5 Å². The minimum atomic E-state index is -4.27. The summed E-state index contributed by atoms with van der Waals surface area (Å²) in [5.74, 6) is 0. The Hall–Kier alpha value is -3.94. The van der Waals surface area contributed by atoms with Gasteiger partial charge >= 0.3 is 0 Å². The highest BCUT2D eigenvalue weighted by atomic mass is 32.2. The van der Waals surface area contributed by atoms with Crippen molar-refractivity contribution in [2.45, 2.75) is 50.8 Å². The Balaban J connectivity index is 0.000000233. The summed E-state index contributed by atoms with van der Waals surface area (Å²) in [4.78, 5) is 2.33. The van der Waals surface area contributed by atoms with Crippen molar-refractivity contribution in [1.82, 2.24) is 4.40 Å². The third-order valence-electron chi connectivity index (χ3n) is 8.03. The lowest BCUT2D eigenvalue weighted by Crippen LogP contribution is -2.21. The molecule has 0 N–H and O–H groups in total. The van der Waals surface area contributed by atoms with Crippen LogP contribution in [0.4, 0.5) is 5.69 Å². The first kappa shape index (κ1) is 27.2. The molecule has 0 saturated carbocycles. The first-order valence-corrected chi connectivity index (χ1v) is 15.5. The summed E-state index contributed by atoms with van der Waals surface area (Å²) in [5, 5.41) is 2.59. The zero-order valence-corrected chi connectivity index (χ0v) is 24.8. The molecule has 4 heterocycles. The monoisotopic (exact) mass is 565 g/mol. The van der Waals surface area contributed by atoms with Gasteiger partial charge in [-0.2, -0.15) is 8.80 Å². The van der Waals surface area contributed by atoms with Crippen molar-refractivity contribution in [1.29, 1.82) is 0 Å². The van der Waals surface area contributed by atoms with Gasteiger partial charge in [0.1, 0.15) is 27.3 Å². The zero-order chi connectivity index (χ0) is 28.9. The lowest BCUT2D eigenvalue weighted by molar-refractivity contribution is -0.479. The normalized spacial score (nSPS) is 14.2. The Morgan fingerprint density at radius 2 is 1.51 bits per heavy atom. The van der Waals surface area contributed by atoms with Crippen LogP contribution in [0.5, 0.6) is 0 Å². The molecule has 0 unspecified atom stereocenters. The molecule has 6 aromatic rings. The number of benzene rings is 3. The highest BCUT2D eigenvalue weighted by molar-refractivity contribution is 7.85. The number of rotatable bonds is 2. The number of hydrogen-bond donors (Lipinski definition) is 0. The molecule has 1 fully saturated rings. The van der Waals surface area contributed by atoms with E-state index < -0.39 is 10.1 Å². The summed E-state index contributed by atoms with van der Waals surface area (Å²) in [7, 11) is -4.27. The standard InChI is InChI=1S/C27H28N3.C7H8O3S/c1-27(2,3)21-8-11-25-19(16-21)6-9-23-18-29-24-12-10-22(28-14-4-5-15-28)17-20(24)7-13-26(29)30(23)25;1-6-2-4-7(5-3-6)11(8,9)10/h6-13,16-18H,4-5,14-15H2,1-3H3;2-5H,1H3,(H,8,9,10)/q+1;/p-1. The fraction of sp³-hybridized carbons (Fsp3) is 0.265. The van der Waals surface area contributed by atoms with Gasteiger partial charge in [0.05, 0.1) is 4.90 Å². The topological polar surface area (TPSA) is 69.0 Å². The molecular formula is C34H35N3O3S. The van der Waals surface area contributed by atoms with Gasteiger partial charge in [-0.3, -0.25) is 0 Å². The minimum Gasteiger partial charge on any atom is -0.744 e. The molecule has 1 aliphatic rings. The van der Waals surface area contributed by atoms with Gasteiger partial charge in [0, 0.05) is 35.6 Å². The Morgan fingerprint density at radius 1 is 0.805 bits per heavy atom. The molecule has 0 spiro atoms. The average Bonchev–Trinajstić information content (AvgIpc) is 3.61. The highest BCUT2D eigenvalue weighted by Crippen LogP contribution is 2.29. The number of hydrogen-bond acceptors (Lipinski definition) is 4. The van der Waals surface area contributed by atoms with Gasteiger partial charge < -0.3 is 9.45 Å².